The number of rotatable bonds is 3. The lowest BCUT2D eigenvalue weighted by Gasteiger charge is -2.29. The lowest BCUT2D eigenvalue weighted by Crippen LogP contribution is -2.20. The van der Waals surface area contributed by atoms with E-state index in [1.165, 1.54) is 24.8 Å². The van der Waals surface area contributed by atoms with E-state index in [-0.39, 0.29) is 6.10 Å². The van der Waals surface area contributed by atoms with Crippen molar-refractivity contribution in [3.63, 3.8) is 0 Å². The molecule has 17 heavy (non-hydrogen) atoms. The summed E-state index contributed by atoms with van der Waals surface area (Å²) in [6, 6.07) is 9.92. The van der Waals surface area contributed by atoms with Crippen molar-refractivity contribution >= 4 is 0 Å². The summed E-state index contributed by atoms with van der Waals surface area (Å²) in [6.07, 6.45) is 5.13. The largest absolute Gasteiger partial charge is 0.373 e. The first-order valence-corrected chi connectivity index (χ1v) is 6.45. The van der Waals surface area contributed by atoms with Gasteiger partial charge < -0.3 is 4.74 Å². The monoisotopic (exact) mass is 229 g/mol. The van der Waals surface area contributed by atoms with E-state index >= 15 is 0 Å². The summed E-state index contributed by atoms with van der Waals surface area (Å²) in [4.78, 5) is 0. The van der Waals surface area contributed by atoms with Gasteiger partial charge in [-0.15, -0.1) is 0 Å². The maximum Gasteiger partial charge on any atom is 0.0991 e. The van der Waals surface area contributed by atoms with Gasteiger partial charge in [-0.2, -0.15) is 5.26 Å². The maximum absolute atomic E-state index is 8.75. The molecule has 2 unspecified atom stereocenters. The summed E-state index contributed by atoms with van der Waals surface area (Å²) < 4.78 is 5.92. The fourth-order valence-corrected chi connectivity index (χ4v) is 2.48. The molecule has 2 rings (SSSR count). The summed E-state index contributed by atoms with van der Waals surface area (Å²) in [5.41, 5.74) is 1.92. The predicted octanol–water partition coefficient (Wildman–Crippen LogP) is 3.83. The summed E-state index contributed by atoms with van der Waals surface area (Å²) in [7, 11) is 0. The molecule has 1 fully saturated rings. The molecule has 1 aromatic carbocycles. The number of hydrogen-bond donors (Lipinski definition) is 0. The van der Waals surface area contributed by atoms with Crippen molar-refractivity contribution in [1.29, 1.82) is 5.26 Å². The third-order valence-corrected chi connectivity index (χ3v) is 3.48. The van der Waals surface area contributed by atoms with Crippen molar-refractivity contribution in [3.8, 4) is 6.07 Å². The topological polar surface area (TPSA) is 33.0 Å². The molecule has 0 bridgehead atoms. The molecule has 90 valence electrons. The van der Waals surface area contributed by atoms with Crippen molar-refractivity contribution in [1.82, 2.24) is 0 Å². The van der Waals surface area contributed by atoms with E-state index in [4.69, 9.17) is 10.00 Å². The normalized spacial score (nSPS) is 24.2. The molecule has 1 aromatic rings. The Morgan fingerprint density at radius 1 is 1.29 bits per heavy atom. The molecule has 0 N–H and O–H groups in total. The van der Waals surface area contributed by atoms with Crippen LogP contribution in [0.3, 0.4) is 0 Å². The number of ether oxygens (including phenoxy) is 1. The quantitative estimate of drug-likeness (QED) is 0.789. The van der Waals surface area contributed by atoms with E-state index in [1.54, 1.807) is 0 Å². The van der Waals surface area contributed by atoms with Gasteiger partial charge in [0.15, 0.2) is 0 Å². The number of benzene rings is 1. The molecule has 0 radical (unpaired) electrons. The van der Waals surface area contributed by atoms with Crippen molar-refractivity contribution in [2.45, 2.75) is 38.7 Å². The summed E-state index contributed by atoms with van der Waals surface area (Å²) in [5, 5.41) is 8.75. The second-order valence-corrected chi connectivity index (χ2v) is 4.79. The van der Waals surface area contributed by atoms with Crippen LogP contribution in [0.1, 0.15) is 49.8 Å². The second kappa shape index (κ2) is 5.84. The van der Waals surface area contributed by atoms with E-state index in [9.17, 15) is 0 Å². The summed E-state index contributed by atoms with van der Waals surface area (Å²) >= 11 is 0. The minimum atomic E-state index is 0.232. The van der Waals surface area contributed by atoms with Gasteiger partial charge in [-0.25, -0.2) is 0 Å². The zero-order valence-electron chi connectivity index (χ0n) is 10.4. The minimum absolute atomic E-state index is 0.232. The fourth-order valence-electron chi connectivity index (χ4n) is 2.48. The summed E-state index contributed by atoms with van der Waals surface area (Å²) in [6.45, 7) is 3.12. The fraction of sp³-hybridized carbons (Fsp3) is 0.533. The highest BCUT2D eigenvalue weighted by atomic mass is 16.5. The summed E-state index contributed by atoms with van der Waals surface area (Å²) in [5.74, 6) is 0.745. The molecule has 1 aliphatic heterocycles. The third kappa shape index (κ3) is 3.08. The van der Waals surface area contributed by atoms with E-state index in [1.807, 2.05) is 24.3 Å². The van der Waals surface area contributed by atoms with Gasteiger partial charge in [-0.1, -0.05) is 25.5 Å². The molecule has 0 saturated carbocycles. The first-order valence-electron chi connectivity index (χ1n) is 6.45. The van der Waals surface area contributed by atoms with Crippen LogP contribution in [0, 0.1) is 17.2 Å². The van der Waals surface area contributed by atoms with E-state index in [2.05, 4.69) is 13.0 Å². The van der Waals surface area contributed by atoms with Gasteiger partial charge in [0.05, 0.1) is 24.3 Å². The molecule has 1 aliphatic rings. The Hall–Kier alpha value is -1.33. The zero-order valence-corrected chi connectivity index (χ0v) is 10.4. The molecule has 0 aliphatic carbocycles. The van der Waals surface area contributed by atoms with Crippen molar-refractivity contribution in [3.05, 3.63) is 35.4 Å². The molecule has 0 spiro atoms. The Balaban J connectivity index is 1.94. The average molecular weight is 229 g/mol. The molecule has 0 amide bonds. The van der Waals surface area contributed by atoms with Crippen LogP contribution < -0.4 is 0 Å². The Kier molecular flexibility index (Phi) is 4.17. The van der Waals surface area contributed by atoms with Crippen LogP contribution in [0.5, 0.6) is 0 Å². The number of nitrogens with zero attached hydrogens (tertiary/aromatic N) is 1. The third-order valence-electron chi connectivity index (χ3n) is 3.48. The molecular weight excluding hydrogens is 210 g/mol. The average Bonchev–Trinajstić information content (AvgIpc) is 2.40. The van der Waals surface area contributed by atoms with Gasteiger partial charge in [0.1, 0.15) is 0 Å². The number of hydrogen-bond acceptors (Lipinski definition) is 2. The van der Waals surface area contributed by atoms with Gasteiger partial charge in [0.25, 0.3) is 0 Å². The maximum atomic E-state index is 8.75. The Morgan fingerprint density at radius 3 is 2.59 bits per heavy atom. The minimum Gasteiger partial charge on any atom is -0.373 e. The van der Waals surface area contributed by atoms with Crippen molar-refractivity contribution < 1.29 is 4.74 Å². The van der Waals surface area contributed by atoms with Crippen LogP contribution in [0.25, 0.3) is 0 Å². The lowest BCUT2D eigenvalue weighted by atomic mass is 9.91. The van der Waals surface area contributed by atoms with E-state index in [0.29, 0.717) is 5.56 Å². The highest BCUT2D eigenvalue weighted by molar-refractivity contribution is 5.32. The van der Waals surface area contributed by atoms with Crippen LogP contribution in [0.4, 0.5) is 0 Å². The first kappa shape index (κ1) is 12.1. The standard InChI is InChI=1S/C15H19NO/c1-2-3-13-6-9-15(17-11-13)14-7-4-12(10-16)5-8-14/h4-5,7-8,13,15H,2-3,6,9,11H2,1H3. The van der Waals surface area contributed by atoms with Crippen molar-refractivity contribution in [2.75, 3.05) is 6.61 Å². The van der Waals surface area contributed by atoms with Crippen molar-refractivity contribution in [2.24, 2.45) is 5.92 Å². The number of nitriles is 1. The first-order chi connectivity index (χ1) is 8.33. The van der Waals surface area contributed by atoms with Crippen LogP contribution >= 0.6 is 0 Å². The molecule has 2 heteroatoms. The van der Waals surface area contributed by atoms with E-state index < -0.39 is 0 Å². The molecule has 1 saturated heterocycles. The van der Waals surface area contributed by atoms with E-state index in [0.717, 1.165) is 18.9 Å². The Labute approximate surface area is 103 Å². The highest BCUT2D eigenvalue weighted by Crippen LogP contribution is 2.32. The van der Waals surface area contributed by atoms with Gasteiger partial charge in [-0.05, 0) is 42.9 Å². The smallest absolute Gasteiger partial charge is 0.0991 e. The molecular formula is C15H19NO. The van der Waals surface area contributed by atoms with Gasteiger partial charge >= 0.3 is 0 Å². The van der Waals surface area contributed by atoms with Gasteiger partial charge in [0, 0.05) is 0 Å². The Morgan fingerprint density at radius 2 is 2.06 bits per heavy atom. The lowest BCUT2D eigenvalue weighted by molar-refractivity contribution is -0.0194. The van der Waals surface area contributed by atoms with Gasteiger partial charge in [-0.3, -0.25) is 0 Å². The highest BCUT2D eigenvalue weighted by Gasteiger charge is 2.22. The Bertz CT molecular complexity index is 382. The van der Waals surface area contributed by atoms with Crippen LogP contribution in [0.15, 0.2) is 24.3 Å². The molecule has 2 nitrogen and oxygen atoms in total. The zero-order chi connectivity index (χ0) is 12.1. The molecule has 2 atom stereocenters. The van der Waals surface area contributed by atoms with Gasteiger partial charge in [0.2, 0.25) is 0 Å². The SMILES string of the molecule is CCCC1CCC(c2ccc(C#N)cc2)OC1. The van der Waals surface area contributed by atoms with Crippen LogP contribution in [0.2, 0.25) is 0 Å². The second-order valence-electron chi connectivity index (χ2n) is 4.79. The predicted molar refractivity (Wildman–Crippen MR) is 67.5 cm³/mol. The molecule has 0 aromatic heterocycles. The van der Waals surface area contributed by atoms with Crippen LogP contribution in [-0.4, -0.2) is 6.61 Å². The molecule has 1 heterocycles. The van der Waals surface area contributed by atoms with Crippen LogP contribution in [-0.2, 0) is 4.74 Å².